The molecule has 29 heavy (non-hydrogen) atoms. The molecule has 150 valence electrons. The van der Waals surface area contributed by atoms with Gasteiger partial charge in [-0.15, -0.1) is 6.42 Å². The van der Waals surface area contributed by atoms with E-state index in [9.17, 15) is 9.59 Å². The van der Waals surface area contributed by atoms with E-state index in [-0.39, 0.29) is 24.8 Å². The fourth-order valence-electron chi connectivity index (χ4n) is 2.97. The van der Waals surface area contributed by atoms with Gasteiger partial charge in [-0.1, -0.05) is 23.6 Å². The van der Waals surface area contributed by atoms with Crippen LogP contribution in [0.4, 0.5) is 5.69 Å². The first-order valence-corrected chi connectivity index (χ1v) is 9.55. The Labute approximate surface area is 174 Å². The van der Waals surface area contributed by atoms with Gasteiger partial charge in [0.15, 0.2) is 11.5 Å². The van der Waals surface area contributed by atoms with Crippen LogP contribution < -0.4 is 19.7 Å². The lowest BCUT2D eigenvalue weighted by Crippen LogP contribution is -2.40. The van der Waals surface area contributed by atoms with Gasteiger partial charge in [0.2, 0.25) is 11.8 Å². The molecular formula is C22H21ClN2O4. The topological polar surface area (TPSA) is 67.9 Å². The van der Waals surface area contributed by atoms with E-state index in [0.717, 1.165) is 6.42 Å². The number of nitrogens with zero attached hydrogens (tertiary/aromatic N) is 1. The van der Waals surface area contributed by atoms with E-state index in [2.05, 4.69) is 11.2 Å². The van der Waals surface area contributed by atoms with Crippen molar-refractivity contribution in [1.29, 1.82) is 0 Å². The van der Waals surface area contributed by atoms with Crippen molar-refractivity contribution in [1.82, 2.24) is 5.32 Å². The lowest BCUT2D eigenvalue weighted by molar-refractivity contribution is -0.123. The van der Waals surface area contributed by atoms with Crippen LogP contribution in [0.3, 0.4) is 0 Å². The molecule has 0 aromatic heterocycles. The number of anilines is 1. The molecule has 0 aliphatic carbocycles. The third-order valence-corrected chi connectivity index (χ3v) is 4.70. The van der Waals surface area contributed by atoms with Gasteiger partial charge in [-0.2, -0.15) is 0 Å². The first-order chi connectivity index (χ1) is 14.0. The number of amides is 2. The molecular weight excluding hydrogens is 392 g/mol. The van der Waals surface area contributed by atoms with Crippen LogP contribution >= 0.6 is 11.6 Å². The van der Waals surface area contributed by atoms with Crippen LogP contribution in [0.15, 0.2) is 36.4 Å². The number of hydrogen-bond donors (Lipinski definition) is 1. The molecule has 2 amide bonds. The molecule has 0 radical (unpaired) electrons. The van der Waals surface area contributed by atoms with Crippen LogP contribution in [-0.4, -0.2) is 38.6 Å². The summed E-state index contributed by atoms with van der Waals surface area (Å²) in [6.07, 6.45) is 6.26. The third kappa shape index (κ3) is 5.01. The number of halogens is 1. The van der Waals surface area contributed by atoms with E-state index < -0.39 is 0 Å². The van der Waals surface area contributed by atoms with Gasteiger partial charge in [0.25, 0.3) is 0 Å². The SMILES string of the molecule is C#Cc1cccc(N(CC(=O)NC)C(=O)Cc2cc(Cl)c3c(c2)OCCCO3)c1. The van der Waals surface area contributed by atoms with Gasteiger partial charge in [-0.05, 0) is 35.9 Å². The van der Waals surface area contributed by atoms with Crippen LogP contribution in [0.5, 0.6) is 11.5 Å². The maximum atomic E-state index is 13.1. The van der Waals surface area contributed by atoms with E-state index in [4.69, 9.17) is 27.5 Å². The zero-order valence-corrected chi connectivity index (χ0v) is 16.8. The van der Waals surface area contributed by atoms with Gasteiger partial charge in [-0.25, -0.2) is 0 Å². The van der Waals surface area contributed by atoms with Crippen molar-refractivity contribution in [2.24, 2.45) is 0 Å². The molecule has 0 saturated carbocycles. The number of hydrogen-bond acceptors (Lipinski definition) is 4. The van der Waals surface area contributed by atoms with Gasteiger partial charge in [0.05, 0.1) is 24.7 Å². The van der Waals surface area contributed by atoms with Crippen molar-refractivity contribution in [3.05, 3.63) is 52.5 Å². The molecule has 0 atom stereocenters. The Kier molecular flexibility index (Phi) is 6.63. The lowest BCUT2D eigenvalue weighted by atomic mass is 10.1. The number of likely N-dealkylation sites (N-methyl/N-ethyl adjacent to an activating group) is 1. The van der Waals surface area contributed by atoms with Crippen LogP contribution in [0.25, 0.3) is 0 Å². The summed E-state index contributed by atoms with van der Waals surface area (Å²) < 4.78 is 11.3. The molecule has 1 heterocycles. The van der Waals surface area contributed by atoms with Crippen molar-refractivity contribution in [2.45, 2.75) is 12.8 Å². The highest BCUT2D eigenvalue weighted by atomic mass is 35.5. The van der Waals surface area contributed by atoms with Gasteiger partial charge in [0.1, 0.15) is 6.54 Å². The number of fused-ring (bicyclic) bond motifs is 1. The highest BCUT2D eigenvalue weighted by Crippen LogP contribution is 2.38. The van der Waals surface area contributed by atoms with E-state index in [1.165, 1.54) is 11.9 Å². The van der Waals surface area contributed by atoms with Crippen molar-refractivity contribution in [2.75, 3.05) is 31.7 Å². The minimum Gasteiger partial charge on any atom is -0.489 e. The van der Waals surface area contributed by atoms with Crippen molar-refractivity contribution in [3.63, 3.8) is 0 Å². The largest absolute Gasteiger partial charge is 0.489 e. The summed E-state index contributed by atoms with van der Waals surface area (Å²) in [4.78, 5) is 26.5. The summed E-state index contributed by atoms with van der Waals surface area (Å²) in [6, 6.07) is 10.4. The second kappa shape index (κ2) is 9.35. The molecule has 6 nitrogen and oxygen atoms in total. The molecule has 1 aliphatic heterocycles. The average molecular weight is 413 g/mol. The quantitative estimate of drug-likeness (QED) is 0.767. The van der Waals surface area contributed by atoms with Crippen LogP contribution in [-0.2, 0) is 16.0 Å². The molecule has 7 heteroatoms. The maximum Gasteiger partial charge on any atom is 0.239 e. The highest BCUT2D eigenvalue weighted by molar-refractivity contribution is 6.32. The summed E-state index contributed by atoms with van der Waals surface area (Å²) in [5, 5.41) is 2.93. The summed E-state index contributed by atoms with van der Waals surface area (Å²) in [5.74, 6) is 2.99. The molecule has 0 fully saturated rings. The Morgan fingerprint density at radius 3 is 2.79 bits per heavy atom. The Morgan fingerprint density at radius 2 is 2.03 bits per heavy atom. The lowest BCUT2D eigenvalue weighted by Gasteiger charge is -2.23. The van der Waals surface area contributed by atoms with Crippen molar-refractivity contribution >= 4 is 29.1 Å². The Balaban J connectivity index is 1.88. The molecule has 0 bridgehead atoms. The number of rotatable bonds is 5. The van der Waals surface area contributed by atoms with Crippen molar-refractivity contribution in [3.8, 4) is 23.8 Å². The second-order valence-corrected chi connectivity index (χ2v) is 6.89. The van der Waals surface area contributed by atoms with Crippen LogP contribution in [0.2, 0.25) is 5.02 Å². The second-order valence-electron chi connectivity index (χ2n) is 6.48. The highest BCUT2D eigenvalue weighted by Gasteiger charge is 2.22. The molecule has 0 unspecified atom stereocenters. The van der Waals surface area contributed by atoms with E-state index in [1.807, 2.05) is 0 Å². The van der Waals surface area contributed by atoms with E-state index in [0.29, 0.717) is 46.5 Å². The Bertz CT molecular complexity index is 968. The molecule has 2 aromatic rings. The zero-order chi connectivity index (χ0) is 20.8. The molecule has 0 spiro atoms. The number of terminal acetylenes is 1. The number of carbonyl (C=O) groups excluding carboxylic acids is 2. The fourth-order valence-corrected chi connectivity index (χ4v) is 3.25. The Hall–Kier alpha value is -3.17. The van der Waals surface area contributed by atoms with Gasteiger partial charge in [0, 0.05) is 24.7 Å². The normalized spacial score (nSPS) is 12.4. The minimum absolute atomic E-state index is 0.0354. The number of carbonyl (C=O) groups is 2. The number of benzene rings is 2. The molecule has 2 aromatic carbocycles. The predicted molar refractivity (Wildman–Crippen MR) is 112 cm³/mol. The van der Waals surface area contributed by atoms with E-state index >= 15 is 0 Å². The third-order valence-electron chi connectivity index (χ3n) is 4.42. The van der Waals surface area contributed by atoms with Crippen LogP contribution in [0.1, 0.15) is 17.5 Å². The van der Waals surface area contributed by atoms with Crippen molar-refractivity contribution < 1.29 is 19.1 Å². The first-order valence-electron chi connectivity index (χ1n) is 9.17. The summed E-state index contributed by atoms with van der Waals surface area (Å²) in [7, 11) is 1.52. The molecule has 1 N–H and O–H groups in total. The predicted octanol–water partition coefficient (Wildman–Crippen LogP) is 2.80. The van der Waals surface area contributed by atoms with Gasteiger partial charge >= 0.3 is 0 Å². The first kappa shape index (κ1) is 20.6. The number of ether oxygens (including phenoxy) is 2. The Morgan fingerprint density at radius 1 is 1.24 bits per heavy atom. The maximum absolute atomic E-state index is 13.1. The molecule has 0 saturated heterocycles. The zero-order valence-electron chi connectivity index (χ0n) is 16.0. The standard InChI is InChI=1S/C22H21ClN2O4/c1-3-15-6-4-7-17(10-15)25(14-20(26)24-2)21(27)13-16-11-18(23)22-19(12-16)28-8-5-9-29-22/h1,4,6-7,10-12H,5,8-9,13-14H2,2H3,(H,24,26). The van der Waals surface area contributed by atoms with Crippen LogP contribution in [0, 0.1) is 12.3 Å². The summed E-state index contributed by atoms with van der Waals surface area (Å²) in [5.41, 5.74) is 1.84. The van der Waals surface area contributed by atoms with Gasteiger partial charge < -0.3 is 19.7 Å². The smallest absolute Gasteiger partial charge is 0.239 e. The summed E-state index contributed by atoms with van der Waals surface area (Å²) in [6.45, 7) is 0.917. The van der Waals surface area contributed by atoms with Gasteiger partial charge in [-0.3, -0.25) is 9.59 Å². The average Bonchev–Trinajstić information content (AvgIpc) is 2.97. The van der Waals surface area contributed by atoms with E-state index in [1.54, 1.807) is 36.4 Å². The summed E-state index contributed by atoms with van der Waals surface area (Å²) >= 11 is 6.33. The fraction of sp³-hybridized carbons (Fsp3) is 0.273. The number of nitrogens with one attached hydrogen (secondary N) is 1. The molecule has 1 aliphatic rings. The monoisotopic (exact) mass is 412 g/mol. The minimum atomic E-state index is -0.291. The molecule has 3 rings (SSSR count).